The highest BCUT2D eigenvalue weighted by Crippen LogP contribution is 2.11. The van der Waals surface area contributed by atoms with Crippen molar-refractivity contribution in [1.29, 1.82) is 0 Å². The third-order valence-electron chi connectivity index (χ3n) is 2.25. The lowest BCUT2D eigenvalue weighted by Crippen LogP contribution is -2.35. The Bertz CT molecular complexity index is 281. The van der Waals surface area contributed by atoms with Crippen molar-refractivity contribution in [1.82, 2.24) is 15.0 Å². The first kappa shape index (κ1) is 9.86. The number of halogens is 1. The third kappa shape index (κ3) is 2.65. The second kappa shape index (κ2) is 4.70. The van der Waals surface area contributed by atoms with E-state index in [0.29, 0.717) is 0 Å². The van der Waals surface area contributed by atoms with Crippen molar-refractivity contribution in [2.45, 2.75) is 19.3 Å². The Labute approximate surface area is 91.8 Å². The van der Waals surface area contributed by atoms with E-state index in [1.807, 2.05) is 0 Å². The van der Waals surface area contributed by atoms with Crippen LogP contribution in [0, 0.1) is 0 Å². The molecule has 1 N–H and O–H groups in total. The lowest BCUT2D eigenvalue weighted by atomic mass is 10.2. The van der Waals surface area contributed by atoms with Crippen LogP contribution in [-0.4, -0.2) is 28.1 Å². The molecule has 0 unspecified atom stereocenters. The number of rotatable bonds is 2. The predicted molar refractivity (Wildman–Crippen MR) is 58.8 cm³/mol. The van der Waals surface area contributed by atoms with Crippen LogP contribution < -0.4 is 5.43 Å². The molecule has 0 spiro atoms. The van der Waals surface area contributed by atoms with E-state index in [2.05, 4.69) is 36.3 Å². The number of hydrogen-bond acceptors (Lipinski definition) is 4. The zero-order chi connectivity index (χ0) is 9.80. The van der Waals surface area contributed by atoms with E-state index in [0.717, 1.165) is 23.5 Å². The van der Waals surface area contributed by atoms with E-state index in [9.17, 15) is 0 Å². The maximum atomic E-state index is 4.21. The Kier molecular flexibility index (Phi) is 3.31. The van der Waals surface area contributed by atoms with E-state index < -0.39 is 0 Å². The highest BCUT2D eigenvalue weighted by molar-refractivity contribution is 9.10. The molecule has 0 saturated carbocycles. The summed E-state index contributed by atoms with van der Waals surface area (Å²) in [4.78, 5) is 8.32. The van der Waals surface area contributed by atoms with Crippen molar-refractivity contribution >= 4 is 21.7 Å². The van der Waals surface area contributed by atoms with Crippen LogP contribution >= 0.6 is 15.9 Å². The first-order valence-corrected chi connectivity index (χ1v) is 5.63. The van der Waals surface area contributed by atoms with Crippen molar-refractivity contribution in [3.63, 3.8) is 0 Å². The van der Waals surface area contributed by atoms with Gasteiger partial charge in [0.2, 0.25) is 0 Å². The molecule has 1 fully saturated rings. The van der Waals surface area contributed by atoms with Crippen LogP contribution in [0.4, 0.5) is 5.82 Å². The summed E-state index contributed by atoms with van der Waals surface area (Å²) in [7, 11) is 0. The molecule has 1 aliphatic heterocycles. The second-order valence-electron chi connectivity index (χ2n) is 3.38. The van der Waals surface area contributed by atoms with Crippen LogP contribution in [0.25, 0.3) is 0 Å². The lowest BCUT2D eigenvalue weighted by molar-refractivity contribution is 0.272. The van der Waals surface area contributed by atoms with Gasteiger partial charge in [-0.1, -0.05) is 6.42 Å². The normalized spacial score (nSPS) is 18.1. The van der Waals surface area contributed by atoms with Gasteiger partial charge in [-0.3, -0.25) is 0 Å². The molecule has 14 heavy (non-hydrogen) atoms. The van der Waals surface area contributed by atoms with Gasteiger partial charge in [-0.05, 0) is 28.8 Å². The molecule has 0 amide bonds. The molecule has 0 aromatic carbocycles. The average molecular weight is 257 g/mol. The van der Waals surface area contributed by atoms with Gasteiger partial charge in [0.05, 0.1) is 12.4 Å². The minimum atomic E-state index is 0.765. The molecule has 2 heterocycles. The maximum absolute atomic E-state index is 4.21. The Balaban J connectivity index is 1.92. The summed E-state index contributed by atoms with van der Waals surface area (Å²) in [5.41, 5.74) is 3.25. The molecule has 2 rings (SSSR count). The first-order chi connectivity index (χ1) is 6.84. The van der Waals surface area contributed by atoms with Crippen molar-refractivity contribution in [3.05, 3.63) is 17.0 Å². The van der Waals surface area contributed by atoms with Crippen LogP contribution in [0.15, 0.2) is 17.0 Å². The summed E-state index contributed by atoms with van der Waals surface area (Å²) in [5, 5.41) is 2.20. The highest BCUT2D eigenvalue weighted by Gasteiger charge is 2.09. The molecule has 0 aliphatic carbocycles. The van der Waals surface area contributed by atoms with Crippen LogP contribution in [-0.2, 0) is 0 Å². The zero-order valence-electron chi connectivity index (χ0n) is 7.91. The molecule has 1 aliphatic rings. The minimum absolute atomic E-state index is 0.765. The lowest BCUT2D eigenvalue weighted by Gasteiger charge is -2.26. The van der Waals surface area contributed by atoms with Crippen molar-refractivity contribution < 1.29 is 0 Å². The highest BCUT2D eigenvalue weighted by atomic mass is 79.9. The van der Waals surface area contributed by atoms with Gasteiger partial charge in [0.25, 0.3) is 0 Å². The van der Waals surface area contributed by atoms with Crippen molar-refractivity contribution in [2.24, 2.45) is 0 Å². The minimum Gasteiger partial charge on any atom is -0.302 e. The SMILES string of the molecule is Brc1cnc(NN2CCCCC2)cn1. The molecule has 1 aromatic heterocycles. The van der Waals surface area contributed by atoms with Crippen molar-refractivity contribution in [3.8, 4) is 0 Å². The van der Waals surface area contributed by atoms with Gasteiger partial charge in [0, 0.05) is 13.1 Å². The smallest absolute Gasteiger partial charge is 0.159 e. The molecule has 5 heteroatoms. The van der Waals surface area contributed by atoms with Crippen LogP contribution in [0.5, 0.6) is 0 Å². The van der Waals surface area contributed by atoms with Gasteiger partial charge in [-0.2, -0.15) is 0 Å². The number of hydrogen-bond donors (Lipinski definition) is 1. The van der Waals surface area contributed by atoms with E-state index in [1.54, 1.807) is 12.4 Å². The number of nitrogens with zero attached hydrogens (tertiary/aromatic N) is 3. The fourth-order valence-electron chi connectivity index (χ4n) is 1.54. The second-order valence-corrected chi connectivity index (χ2v) is 4.20. The largest absolute Gasteiger partial charge is 0.302 e. The molecule has 1 saturated heterocycles. The fraction of sp³-hybridized carbons (Fsp3) is 0.556. The predicted octanol–water partition coefficient (Wildman–Crippen LogP) is 2.05. The van der Waals surface area contributed by atoms with Gasteiger partial charge in [-0.25, -0.2) is 15.0 Å². The van der Waals surface area contributed by atoms with Crippen LogP contribution in [0.2, 0.25) is 0 Å². The summed E-state index contributed by atoms with van der Waals surface area (Å²) in [5.74, 6) is 0.815. The summed E-state index contributed by atoms with van der Waals surface area (Å²) in [6.45, 7) is 2.19. The number of aromatic nitrogens is 2. The average Bonchev–Trinajstić information content (AvgIpc) is 2.23. The van der Waals surface area contributed by atoms with E-state index in [4.69, 9.17) is 0 Å². The van der Waals surface area contributed by atoms with E-state index >= 15 is 0 Å². The van der Waals surface area contributed by atoms with Gasteiger partial charge in [0.15, 0.2) is 5.82 Å². The van der Waals surface area contributed by atoms with E-state index in [1.165, 1.54) is 19.3 Å². The Hall–Kier alpha value is -0.680. The number of hydrazine groups is 1. The monoisotopic (exact) mass is 256 g/mol. The Morgan fingerprint density at radius 1 is 1.14 bits per heavy atom. The summed E-state index contributed by atoms with van der Waals surface area (Å²) >= 11 is 3.26. The summed E-state index contributed by atoms with van der Waals surface area (Å²) in [6.07, 6.45) is 7.29. The number of piperidine rings is 1. The fourth-order valence-corrected chi connectivity index (χ4v) is 1.74. The van der Waals surface area contributed by atoms with Crippen LogP contribution in [0.1, 0.15) is 19.3 Å². The van der Waals surface area contributed by atoms with Gasteiger partial charge < -0.3 is 5.43 Å². The first-order valence-electron chi connectivity index (χ1n) is 4.84. The van der Waals surface area contributed by atoms with Crippen molar-refractivity contribution in [2.75, 3.05) is 18.5 Å². The number of anilines is 1. The van der Waals surface area contributed by atoms with Gasteiger partial charge >= 0.3 is 0 Å². The summed E-state index contributed by atoms with van der Waals surface area (Å²) in [6, 6.07) is 0. The molecule has 0 atom stereocenters. The van der Waals surface area contributed by atoms with Gasteiger partial charge in [-0.15, -0.1) is 0 Å². The van der Waals surface area contributed by atoms with Crippen LogP contribution in [0.3, 0.4) is 0 Å². The Morgan fingerprint density at radius 3 is 2.57 bits per heavy atom. The quantitative estimate of drug-likeness (QED) is 0.880. The maximum Gasteiger partial charge on any atom is 0.159 e. The van der Waals surface area contributed by atoms with Gasteiger partial charge in [0.1, 0.15) is 4.60 Å². The molecule has 0 radical (unpaired) electrons. The number of nitrogens with one attached hydrogen (secondary N) is 1. The summed E-state index contributed by atoms with van der Waals surface area (Å²) < 4.78 is 0.765. The molecule has 0 bridgehead atoms. The molecule has 1 aromatic rings. The standard InChI is InChI=1S/C9H13BrN4/c10-8-6-12-9(7-11-8)13-14-4-2-1-3-5-14/h6-7H,1-5H2,(H,12,13). The zero-order valence-corrected chi connectivity index (χ0v) is 9.50. The third-order valence-corrected chi connectivity index (χ3v) is 2.66. The molecule has 4 nitrogen and oxygen atoms in total. The Morgan fingerprint density at radius 2 is 1.93 bits per heavy atom. The molecule has 76 valence electrons. The topological polar surface area (TPSA) is 41.1 Å². The molecular weight excluding hydrogens is 244 g/mol. The molecular formula is C9H13BrN4. The van der Waals surface area contributed by atoms with E-state index in [-0.39, 0.29) is 0 Å².